The Labute approximate surface area is 107 Å². The minimum absolute atomic E-state index is 0.156. The Morgan fingerprint density at radius 2 is 2.17 bits per heavy atom. The SMILES string of the molecule is COCCCCCNS(=O)(=O)c1c[nH]c(CO)c1. The Morgan fingerprint density at radius 3 is 2.78 bits per heavy atom. The lowest BCUT2D eigenvalue weighted by molar-refractivity contribution is 0.192. The van der Waals surface area contributed by atoms with Crippen LogP contribution in [0, 0.1) is 0 Å². The summed E-state index contributed by atoms with van der Waals surface area (Å²) >= 11 is 0. The molecular weight excluding hydrogens is 256 g/mol. The van der Waals surface area contributed by atoms with Crippen molar-refractivity contribution in [2.45, 2.75) is 30.8 Å². The van der Waals surface area contributed by atoms with Gasteiger partial charge in [-0.2, -0.15) is 0 Å². The molecule has 0 fully saturated rings. The second-order valence-corrected chi connectivity index (χ2v) is 5.74. The zero-order valence-electron chi connectivity index (χ0n) is 10.5. The number of rotatable bonds is 9. The summed E-state index contributed by atoms with van der Waals surface area (Å²) in [7, 11) is -1.82. The number of aliphatic hydroxyl groups is 1. The maximum absolute atomic E-state index is 11.8. The van der Waals surface area contributed by atoms with Gasteiger partial charge in [-0.05, 0) is 25.3 Å². The number of hydrogen-bond donors (Lipinski definition) is 3. The van der Waals surface area contributed by atoms with Gasteiger partial charge >= 0.3 is 0 Å². The molecule has 0 aliphatic heterocycles. The predicted octanol–water partition coefficient (Wildman–Crippen LogP) is 0.602. The van der Waals surface area contributed by atoms with Crippen LogP contribution in [0.4, 0.5) is 0 Å². The largest absolute Gasteiger partial charge is 0.390 e. The number of nitrogens with one attached hydrogen (secondary N) is 2. The van der Waals surface area contributed by atoms with Crippen LogP contribution >= 0.6 is 0 Å². The topological polar surface area (TPSA) is 91.4 Å². The molecule has 0 atom stereocenters. The summed E-state index contributed by atoms with van der Waals surface area (Å²) in [6.45, 7) is 0.905. The van der Waals surface area contributed by atoms with Crippen LogP contribution in [0.2, 0.25) is 0 Å². The van der Waals surface area contributed by atoms with Crippen LogP contribution in [0.3, 0.4) is 0 Å². The Balaban J connectivity index is 2.36. The first-order valence-corrected chi connectivity index (χ1v) is 7.35. The summed E-state index contributed by atoms with van der Waals surface area (Å²) in [6, 6.07) is 1.42. The van der Waals surface area contributed by atoms with E-state index in [0.717, 1.165) is 19.3 Å². The van der Waals surface area contributed by atoms with Crippen molar-refractivity contribution in [3.05, 3.63) is 18.0 Å². The van der Waals surface area contributed by atoms with Gasteiger partial charge in [-0.25, -0.2) is 13.1 Å². The molecule has 0 aliphatic rings. The summed E-state index contributed by atoms with van der Waals surface area (Å²) in [5, 5.41) is 8.85. The molecular formula is C11H20N2O4S. The van der Waals surface area contributed by atoms with Gasteiger partial charge in [-0.15, -0.1) is 0 Å². The van der Waals surface area contributed by atoms with Crippen molar-refractivity contribution >= 4 is 10.0 Å². The lowest BCUT2D eigenvalue weighted by atomic mass is 10.2. The number of H-pyrrole nitrogens is 1. The van der Waals surface area contributed by atoms with Crippen LogP contribution in [0.5, 0.6) is 0 Å². The van der Waals surface area contributed by atoms with E-state index in [-0.39, 0.29) is 11.5 Å². The number of sulfonamides is 1. The highest BCUT2D eigenvalue weighted by Crippen LogP contribution is 2.10. The molecule has 6 nitrogen and oxygen atoms in total. The molecule has 0 aliphatic carbocycles. The van der Waals surface area contributed by atoms with Crippen molar-refractivity contribution in [1.82, 2.24) is 9.71 Å². The minimum atomic E-state index is -3.47. The zero-order valence-corrected chi connectivity index (χ0v) is 11.3. The van der Waals surface area contributed by atoms with Gasteiger partial charge in [0, 0.05) is 32.2 Å². The number of aliphatic hydroxyl groups excluding tert-OH is 1. The molecule has 0 aromatic carbocycles. The van der Waals surface area contributed by atoms with E-state index in [0.29, 0.717) is 18.8 Å². The average molecular weight is 276 g/mol. The van der Waals surface area contributed by atoms with Crippen LogP contribution in [0.25, 0.3) is 0 Å². The van der Waals surface area contributed by atoms with E-state index < -0.39 is 10.0 Å². The number of methoxy groups -OCH3 is 1. The fourth-order valence-corrected chi connectivity index (χ4v) is 2.59. The molecule has 0 radical (unpaired) electrons. The summed E-state index contributed by atoms with van der Waals surface area (Å²) in [6.07, 6.45) is 4.00. The summed E-state index contributed by atoms with van der Waals surface area (Å²) in [5.41, 5.74) is 0.482. The Hall–Kier alpha value is -0.890. The number of unbranched alkanes of at least 4 members (excludes halogenated alkanes) is 2. The molecule has 3 N–H and O–H groups in total. The normalized spacial score (nSPS) is 11.9. The quantitative estimate of drug-likeness (QED) is 0.576. The molecule has 0 unspecified atom stereocenters. The average Bonchev–Trinajstić information content (AvgIpc) is 2.83. The molecule has 0 amide bonds. The van der Waals surface area contributed by atoms with Crippen LogP contribution in [-0.4, -0.2) is 38.8 Å². The minimum Gasteiger partial charge on any atom is -0.390 e. The van der Waals surface area contributed by atoms with Gasteiger partial charge in [0.05, 0.1) is 11.5 Å². The van der Waals surface area contributed by atoms with Gasteiger partial charge in [-0.1, -0.05) is 0 Å². The van der Waals surface area contributed by atoms with Crippen LogP contribution in [0.15, 0.2) is 17.2 Å². The highest BCUT2D eigenvalue weighted by atomic mass is 32.2. The van der Waals surface area contributed by atoms with Gasteiger partial charge in [-0.3, -0.25) is 0 Å². The molecule has 1 aromatic heterocycles. The van der Waals surface area contributed by atoms with E-state index in [1.165, 1.54) is 12.3 Å². The standard InChI is InChI=1S/C11H20N2O4S/c1-17-6-4-2-3-5-13-18(15,16)11-7-10(9-14)12-8-11/h7-8,12-14H,2-6,9H2,1H3. The third kappa shape index (κ3) is 4.77. The Bertz CT molecular complexity index is 442. The highest BCUT2D eigenvalue weighted by molar-refractivity contribution is 7.89. The second kappa shape index (κ2) is 7.52. The van der Waals surface area contributed by atoms with Crippen molar-refractivity contribution in [3.63, 3.8) is 0 Å². The fourth-order valence-electron chi connectivity index (χ4n) is 1.50. The molecule has 1 heterocycles. The van der Waals surface area contributed by atoms with Crippen LogP contribution < -0.4 is 4.72 Å². The lowest BCUT2D eigenvalue weighted by Crippen LogP contribution is -2.24. The molecule has 1 rings (SSSR count). The van der Waals surface area contributed by atoms with E-state index in [4.69, 9.17) is 9.84 Å². The van der Waals surface area contributed by atoms with Crippen LogP contribution in [-0.2, 0) is 21.4 Å². The molecule has 0 saturated heterocycles. The number of ether oxygens (including phenoxy) is 1. The van der Waals surface area contributed by atoms with Gasteiger partial charge in [0.2, 0.25) is 10.0 Å². The fraction of sp³-hybridized carbons (Fsp3) is 0.636. The summed E-state index contributed by atoms with van der Waals surface area (Å²) in [5.74, 6) is 0. The molecule has 0 saturated carbocycles. The monoisotopic (exact) mass is 276 g/mol. The number of aromatic nitrogens is 1. The molecule has 0 bridgehead atoms. The number of aromatic amines is 1. The molecule has 0 spiro atoms. The van der Waals surface area contributed by atoms with Crippen molar-refractivity contribution in [2.75, 3.05) is 20.3 Å². The third-order valence-electron chi connectivity index (χ3n) is 2.51. The highest BCUT2D eigenvalue weighted by Gasteiger charge is 2.14. The maximum Gasteiger partial charge on any atom is 0.242 e. The molecule has 7 heteroatoms. The van der Waals surface area contributed by atoms with Crippen molar-refractivity contribution in [2.24, 2.45) is 0 Å². The van der Waals surface area contributed by atoms with E-state index in [9.17, 15) is 8.42 Å². The van der Waals surface area contributed by atoms with E-state index in [2.05, 4.69) is 9.71 Å². The predicted molar refractivity (Wildman–Crippen MR) is 67.6 cm³/mol. The first-order valence-electron chi connectivity index (χ1n) is 5.87. The summed E-state index contributed by atoms with van der Waals surface area (Å²) < 4.78 is 31.1. The maximum atomic E-state index is 11.8. The molecule has 104 valence electrons. The van der Waals surface area contributed by atoms with Crippen molar-refractivity contribution in [3.8, 4) is 0 Å². The van der Waals surface area contributed by atoms with Crippen molar-refractivity contribution < 1.29 is 18.3 Å². The van der Waals surface area contributed by atoms with Gasteiger partial charge < -0.3 is 14.8 Å². The zero-order chi connectivity index (χ0) is 13.4. The van der Waals surface area contributed by atoms with E-state index >= 15 is 0 Å². The van der Waals surface area contributed by atoms with Gasteiger partial charge in [0.25, 0.3) is 0 Å². The molecule has 1 aromatic rings. The van der Waals surface area contributed by atoms with Gasteiger partial charge in [0.1, 0.15) is 0 Å². The lowest BCUT2D eigenvalue weighted by Gasteiger charge is -2.04. The number of hydrogen-bond acceptors (Lipinski definition) is 4. The third-order valence-corrected chi connectivity index (χ3v) is 3.95. The Morgan fingerprint density at radius 1 is 1.39 bits per heavy atom. The summed E-state index contributed by atoms with van der Waals surface area (Å²) in [4.78, 5) is 2.85. The smallest absolute Gasteiger partial charge is 0.242 e. The molecule has 18 heavy (non-hydrogen) atoms. The van der Waals surface area contributed by atoms with Crippen LogP contribution in [0.1, 0.15) is 25.0 Å². The Kier molecular flexibility index (Phi) is 6.34. The van der Waals surface area contributed by atoms with E-state index in [1.54, 1.807) is 7.11 Å². The van der Waals surface area contributed by atoms with Crippen molar-refractivity contribution in [1.29, 1.82) is 0 Å². The van der Waals surface area contributed by atoms with Gasteiger partial charge in [0.15, 0.2) is 0 Å². The first-order chi connectivity index (χ1) is 8.60. The second-order valence-electron chi connectivity index (χ2n) is 3.97. The first kappa shape index (κ1) is 15.2. The van der Waals surface area contributed by atoms with E-state index in [1.807, 2.05) is 0 Å².